The highest BCUT2D eigenvalue weighted by Crippen LogP contribution is 2.21. The van der Waals surface area contributed by atoms with Crippen molar-refractivity contribution >= 4 is 17.3 Å². The van der Waals surface area contributed by atoms with Gasteiger partial charge in [0.15, 0.2) is 0 Å². The maximum absolute atomic E-state index is 10.8. The maximum atomic E-state index is 10.8. The molecule has 0 fully saturated rings. The third-order valence-electron chi connectivity index (χ3n) is 2.79. The first-order chi connectivity index (χ1) is 9.06. The lowest BCUT2D eigenvalue weighted by molar-refractivity contribution is 0.0697. The van der Waals surface area contributed by atoms with Gasteiger partial charge in [0.1, 0.15) is 5.76 Å². The minimum Gasteiger partial charge on any atom is -0.478 e. The van der Waals surface area contributed by atoms with Crippen LogP contribution in [-0.4, -0.2) is 17.1 Å². The second kappa shape index (κ2) is 5.48. The van der Waals surface area contributed by atoms with Gasteiger partial charge in [-0.1, -0.05) is 0 Å². The van der Waals surface area contributed by atoms with E-state index in [1.165, 1.54) is 12.1 Å². The lowest BCUT2D eigenvalue weighted by Crippen LogP contribution is -2.18. The fourth-order valence-corrected chi connectivity index (χ4v) is 1.87. The number of carbonyl (C=O) groups is 1. The van der Waals surface area contributed by atoms with Crippen LogP contribution >= 0.6 is 0 Å². The minimum absolute atomic E-state index is 0.129. The number of rotatable bonds is 5. The SMILES string of the molecule is CC(Cc1ccco1)Nc1ccc(C(=O)O)cc1N. The zero-order valence-corrected chi connectivity index (χ0v) is 10.6. The molecule has 19 heavy (non-hydrogen) atoms. The maximum Gasteiger partial charge on any atom is 0.335 e. The molecule has 5 nitrogen and oxygen atoms in total. The average Bonchev–Trinajstić information content (AvgIpc) is 2.84. The Morgan fingerprint density at radius 2 is 2.26 bits per heavy atom. The largest absolute Gasteiger partial charge is 0.478 e. The van der Waals surface area contributed by atoms with Crippen molar-refractivity contribution in [1.29, 1.82) is 0 Å². The molecule has 1 heterocycles. The zero-order chi connectivity index (χ0) is 13.8. The number of hydrogen-bond acceptors (Lipinski definition) is 4. The van der Waals surface area contributed by atoms with Gasteiger partial charge in [0.25, 0.3) is 0 Å². The molecule has 5 heteroatoms. The van der Waals surface area contributed by atoms with E-state index in [1.54, 1.807) is 12.3 Å². The molecule has 0 saturated heterocycles. The molecule has 1 atom stereocenters. The second-order valence-electron chi connectivity index (χ2n) is 4.44. The van der Waals surface area contributed by atoms with Crippen molar-refractivity contribution in [2.45, 2.75) is 19.4 Å². The van der Waals surface area contributed by atoms with E-state index in [0.717, 1.165) is 17.9 Å². The molecule has 0 bridgehead atoms. The van der Waals surface area contributed by atoms with Crippen molar-refractivity contribution in [2.24, 2.45) is 0 Å². The summed E-state index contributed by atoms with van der Waals surface area (Å²) in [5, 5.41) is 12.1. The summed E-state index contributed by atoms with van der Waals surface area (Å²) in [6.45, 7) is 2.01. The third kappa shape index (κ3) is 3.28. The molecule has 0 radical (unpaired) electrons. The van der Waals surface area contributed by atoms with Crippen molar-refractivity contribution in [2.75, 3.05) is 11.1 Å². The molecular weight excluding hydrogens is 244 g/mol. The molecule has 2 rings (SSSR count). The predicted octanol–water partition coefficient (Wildman–Crippen LogP) is 2.60. The molecule has 0 aliphatic rings. The van der Waals surface area contributed by atoms with E-state index in [9.17, 15) is 4.79 Å². The Bertz CT molecular complexity index is 564. The fraction of sp³-hybridized carbons (Fsp3) is 0.214. The third-order valence-corrected chi connectivity index (χ3v) is 2.79. The Morgan fingerprint density at radius 1 is 1.47 bits per heavy atom. The normalized spacial score (nSPS) is 12.1. The van der Waals surface area contributed by atoms with Gasteiger partial charge in [-0.05, 0) is 37.3 Å². The highest BCUT2D eigenvalue weighted by Gasteiger charge is 2.10. The first-order valence-corrected chi connectivity index (χ1v) is 5.98. The van der Waals surface area contributed by atoms with Crippen LogP contribution in [0.4, 0.5) is 11.4 Å². The molecule has 1 unspecified atom stereocenters. The quantitative estimate of drug-likeness (QED) is 0.719. The van der Waals surface area contributed by atoms with Gasteiger partial charge in [0.05, 0.1) is 23.2 Å². The standard InChI is InChI=1S/C14H16N2O3/c1-9(7-11-3-2-6-19-11)16-13-5-4-10(14(17)18)8-12(13)15/h2-6,8-9,16H,7,15H2,1H3,(H,17,18). The van der Waals surface area contributed by atoms with Gasteiger partial charge < -0.3 is 20.6 Å². The average molecular weight is 260 g/mol. The number of anilines is 2. The van der Waals surface area contributed by atoms with E-state index in [4.69, 9.17) is 15.3 Å². The number of furan rings is 1. The van der Waals surface area contributed by atoms with Crippen molar-refractivity contribution in [3.8, 4) is 0 Å². The van der Waals surface area contributed by atoms with E-state index in [0.29, 0.717) is 5.69 Å². The van der Waals surface area contributed by atoms with Crippen LogP contribution in [0.5, 0.6) is 0 Å². The smallest absolute Gasteiger partial charge is 0.335 e. The molecular formula is C14H16N2O3. The van der Waals surface area contributed by atoms with Gasteiger partial charge >= 0.3 is 5.97 Å². The van der Waals surface area contributed by atoms with Crippen LogP contribution < -0.4 is 11.1 Å². The van der Waals surface area contributed by atoms with Crippen LogP contribution in [-0.2, 0) is 6.42 Å². The van der Waals surface area contributed by atoms with E-state index in [-0.39, 0.29) is 11.6 Å². The summed E-state index contributed by atoms with van der Waals surface area (Å²) >= 11 is 0. The lowest BCUT2D eigenvalue weighted by atomic mass is 10.1. The van der Waals surface area contributed by atoms with Crippen molar-refractivity contribution in [3.05, 3.63) is 47.9 Å². The van der Waals surface area contributed by atoms with Crippen molar-refractivity contribution in [1.82, 2.24) is 0 Å². The molecule has 4 N–H and O–H groups in total. The number of carboxylic acid groups (broad SMARTS) is 1. The van der Waals surface area contributed by atoms with Gasteiger partial charge in [-0.15, -0.1) is 0 Å². The van der Waals surface area contributed by atoms with Crippen LogP contribution in [0.2, 0.25) is 0 Å². The molecule has 0 aliphatic carbocycles. The summed E-state index contributed by atoms with van der Waals surface area (Å²) in [7, 11) is 0. The van der Waals surface area contributed by atoms with Gasteiger partial charge in [0.2, 0.25) is 0 Å². The minimum atomic E-state index is -0.984. The van der Waals surface area contributed by atoms with Crippen molar-refractivity contribution < 1.29 is 14.3 Å². The van der Waals surface area contributed by atoms with Gasteiger partial charge in [-0.25, -0.2) is 4.79 Å². The summed E-state index contributed by atoms with van der Waals surface area (Å²) in [5.74, 6) is -0.0948. The molecule has 0 spiro atoms. The Hall–Kier alpha value is -2.43. The number of hydrogen-bond donors (Lipinski definition) is 3. The van der Waals surface area contributed by atoms with Crippen molar-refractivity contribution in [3.63, 3.8) is 0 Å². The van der Waals surface area contributed by atoms with Crippen LogP contribution in [0.3, 0.4) is 0 Å². The van der Waals surface area contributed by atoms with Crippen LogP contribution in [0.15, 0.2) is 41.0 Å². The summed E-state index contributed by atoms with van der Waals surface area (Å²) in [5.41, 5.74) is 7.16. The van der Waals surface area contributed by atoms with E-state index in [1.807, 2.05) is 19.1 Å². The van der Waals surface area contributed by atoms with E-state index in [2.05, 4.69) is 5.32 Å². The van der Waals surface area contributed by atoms with E-state index >= 15 is 0 Å². The number of aromatic carboxylic acids is 1. The van der Waals surface area contributed by atoms with Gasteiger partial charge in [0, 0.05) is 12.5 Å². The van der Waals surface area contributed by atoms with E-state index < -0.39 is 5.97 Å². The number of carboxylic acids is 1. The molecule has 0 saturated carbocycles. The van der Waals surface area contributed by atoms with Gasteiger partial charge in [-0.3, -0.25) is 0 Å². The van der Waals surface area contributed by atoms with Crippen LogP contribution in [0.25, 0.3) is 0 Å². The topological polar surface area (TPSA) is 88.5 Å². The second-order valence-corrected chi connectivity index (χ2v) is 4.44. The van der Waals surface area contributed by atoms with Crippen LogP contribution in [0, 0.1) is 0 Å². The first-order valence-electron chi connectivity index (χ1n) is 5.98. The lowest BCUT2D eigenvalue weighted by Gasteiger charge is -2.16. The first kappa shape index (κ1) is 13.0. The highest BCUT2D eigenvalue weighted by molar-refractivity contribution is 5.90. The molecule has 0 aliphatic heterocycles. The number of nitrogen functional groups attached to an aromatic ring is 1. The zero-order valence-electron chi connectivity index (χ0n) is 10.6. The number of nitrogens with one attached hydrogen (secondary N) is 1. The molecule has 2 aromatic rings. The summed E-state index contributed by atoms with van der Waals surface area (Å²) in [6.07, 6.45) is 2.37. The summed E-state index contributed by atoms with van der Waals surface area (Å²) < 4.78 is 5.27. The monoisotopic (exact) mass is 260 g/mol. The predicted molar refractivity (Wildman–Crippen MR) is 73.3 cm³/mol. The van der Waals surface area contributed by atoms with Crippen LogP contribution in [0.1, 0.15) is 23.0 Å². The number of nitrogens with two attached hydrogens (primary N) is 1. The molecule has 1 aromatic carbocycles. The Balaban J connectivity index is 2.04. The Morgan fingerprint density at radius 3 is 2.84 bits per heavy atom. The van der Waals surface area contributed by atoms with Gasteiger partial charge in [-0.2, -0.15) is 0 Å². The molecule has 1 aromatic heterocycles. The highest BCUT2D eigenvalue weighted by atomic mass is 16.4. The molecule has 0 amide bonds. The Labute approximate surface area is 111 Å². The molecule has 100 valence electrons. The fourth-order valence-electron chi connectivity index (χ4n) is 1.87. The number of benzene rings is 1. The summed E-state index contributed by atoms with van der Waals surface area (Å²) in [4.78, 5) is 10.8. The summed E-state index contributed by atoms with van der Waals surface area (Å²) in [6, 6.07) is 8.54. The Kier molecular flexibility index (Phi) is 3.75.